The Balaban J connectivity index is 0.000000485. The van der Waals surface area contributed by atoms with Crippen molar-refractivity contribution in [3.63, 3.8) is 0 Å². The maximum atomic E-state index is 11.0. The number of ether oxygens (including phenoxy) is 1. The van der Waals surface area contributed by atoms with Crippen LogP contribution in [0, 0.1) is 10.8 Å². The van der Waals surface area contributed by atoms with Gasteiger partial charge in [0.05, 0.1) is 6.61 Å². The molecule has 0 saturated carbocycles. The Morgan fingerprint density at radius 3 is 2.00 bits per heavy atom. The molecule has 0 fully saturated rings. The van der Waals surface area contributed by atoms with Gasteiger partial charge < -0.3 is 4.74 Å². The molecular weight excluding hydrogens is 320 g/mol. The lowest BCUT2D eigenvalue weighted by atomic mass is 9.83. The molecule has 0 aliphatic rings. The van der Waals surface area contributed by atoms with Crippen molar-refractivity contribution < 1.29 is 9.53 Å². The van der Waals surface area contributed by atoms with E-state index in [4.69, 9.17) is 4.74 Å². The van der Waals surface area contributed by atoms with Gasteiger partial charge in [0, 0.05) is 5.57 Å². The number of rotatable bonds is 9. The molecule has 2 nitrogen and oxygen atoms in total. The number of benzene rings is 1. The van der Waals surface area contributed by atoms with E-state index in [0.717, 1.165) is 19.3 Å². The third-order valence-corrected chi connectivity index (χ3v) is 5.02. The van der Waals surface area contributed by atoms with Gasteiger partial charge >= 0.3 is 5.97 Å². The second-order valence-corrected chi connectivity index (χ2v) is 8.72. The predicted molar refractivity (Wildman–Crippen MR) is 113 cm³/mol. The van der Waals surface area contributed by atoms with Crippen LogP contribution in [0.3, 0.4) is 0 Å². The summed E-state index contributed by atoms with van der Waals surface area (Å²) in [6.45, 7) is 19.2. The number of carbonyl (C=O) groups excluding carboxylic acids is 1. The highest BCUT2D eigenvalue weighted by molar-refractivity contribution is 5.86. The van der Waals surface area contributed by atoms with Gasteiger partial charge in [-0.15, -0.1) is 0 Å². The van der Waals surface area contributed by atoms with Crippen molar-refractivity contribution in [3.05, 3.63) is 48.0 Å². The highest BCUT2D eigenvalue weighted by atomic mass is 16.5. The molecule has 0 aliphatic carbocycles. The van der Waals surface area contributed by atoms with Crippen molar-refractivity contribution in [1.82, 2.24) is 0 Å². The highest BCUT2D eigenvalue weighted by Gasteiger charge is 2.15. The number of hydrogen-bond donors (Lipinski definition) is 0. The van der Waals surface area contributed by atoms with Crippen LogP contribution in [0.15, 0.2) is 42.5 Å². The van der Waals surface area contributed by atoms with Gasteiger partial charge in [-0.25, -0.2) is 4.79 Å². The van der Waals surface area contributed by atoms with E-state index in [2.05, 4.69) is 78.5 Å². The fourth-order valence-corrected chi connectivity index (χ4v) is 2.29. The van der Waals surface area contributed by atoms with Crippen LogP contribution in [0.1, 0.15) is 79.7 Å². The van der Waals surface area contributed by atoms with Crippen molar-refractivity contribution in [1.29, 1.82) is 0 Å². The maximum absolute atomic E-state index is 11.0. The summed E-state index contributed by atoms with van der Waals surface area (Å²) < 4.78 is 5.00. The van der Waals surface area contributed by atoms with Crippen molar-refractivity contribution in [2.24, 2.45) is 10.8 Å². The summed E-state index contributed by atoms with van der Waals surface area (Å²) in [5, 5.41) is 0. The van der Waals surface area contributed by atoms with E-state index < -0.39 is 0 Å². The van der Waals surface area contributed by atoms with Crippen molar-refractivity contribution in [2.75, 3.05) is 6.61 Å². The maximum Gasteiger partial charge on any atom is 0.333 e. The highest BCUT2D eigenvalue weighted by Crippen LogP contribution is 2.26. The van der Waals surface area contributed by atoms with Crippen LogP contribution in [-0.2, 0) is 16.0 Å². The van der Waals surface area contributed by atoms with E-state index in [1.807, 2.05) is 0 Å². The smallest absolute Gasteiger partial charge is 0.333 e. The Hall–Kier alpha value is -1.57. The van der Waals surface area contributed by atoms with Gasteiger partial charge in [0.1, 0.15) is 0 Å². The van der Waals surface area contributed by atoms with E-state index in [1.54, 1.807) is 6.92 Å². The van der Waals surface area contributed by atoms with Gasteiger partial charge in [-0.1, -0.05) is 91.3 Å². The summed E-state index contributed by atoms with van der Waals surface area (Å²) in [6, 6.07) is 10.7. The first-order chi connectivity index (χ1) is 12.0. The van der Waals surface area contributed by atoms with E-state index in [1.165, 1.54) is 18.4 Å². The van der Waals surface area contributed by atoms with E-state index in [9.17, 15) is 4.79 Å². The van der Waals surface area contributed by atoms with Gasteiger partial charge in [0.2, 0.25) is 0 Å². The fourth-order valence-electron chi connectivity index (χ4n) is 2.29. The molecule has 0 amide bonds. The lowest BCUT2D eigenvalue weighted by Crippen LogP contribution is -2.12. The van der Waals surface area contributed by atoms with Crippen LogP contribution in [0.5, 0.6) is 0 Å². The summed E-state index contributed by atoms with van der Waals surface area (Å²) in [5.74, 6) is -0.278. The summed E-state index contributed by atoms with van der Waals surface area (Å²) >= 11 is 0. The Morgan fingerprint density at radius 1 is 1.00 bits per heavy atom. The van der Waals surface area contributed by atoms with Crippen LogP contribution in [0.25, 0.3) is 0 Å². The first-order valence-electron chi connectivity index (χ1n) is 9.89. The molecule has 2 heteroatoms. The van der Waals surface area contributed by atoms with E-state index in [0.29, 0.717) is 23.0 Å². The number of esters is 1. The zero-order chi connectivity index (χ0) is 20.2. The van der Waals surface area contributed by atoms with Crippen molar-refractivity contribution in [2.45, 2.75) is 80.6 Å². The summed E-state index contributed by atoms with van der Waals surface area (Å²) in [6.07, 6.45) is 5.60. The number of hydrogen-bond acceptors (Lipinski definition) is 2. The third-order valence-electron chi connectivity index (χ3n) is 5.02. The quantitative estimate of drug-likeness (QED) is 0.269. The summed E-state index contributed by atoms with van der Waals surface area (Å²) in [4.78, 5) is 11.0. The standard InChI is InChI=1S/C12H22O2.C12H18/c1-6-12(4,5)8-7-9-14-11(13)10(2)3;1-4-12(2,3)10-11-8-6-5-7-9-11/h2,6-9H2,1,3-5H3;5-9H,4,10H2,1-3H3. The average Bonchev–Trinajstić information content (AvgIpc) is 2.59. The van der Waals surface area contributed by atoms with E-state index >= 15 is 0 Å². The number of carbonyl (C=O) groups is 1. The minimum absolute atomic E-state index is 0.278. The molecule has 0 N–H and O–H groups in total. The third kappa shape index (κ3) is 11.9. The van der Waals surface area contributed by atoms with Gasteiger partial charge in [-0.2, -0.15) is 0 Å². The van der Waals surface area contributed by atoms with Gasteiger partial charge in [-0.3, -0.25) is 0 Å². The Morgan fingerprint density at radius 2 is 1.54 bits per heavy atom. The molecule has 0 radical (unpaired) electrons. The lowest BCUT2D eigenvalue weighted by molar-refractivity contribution is -0.139. The molecule has 0 aliphatic heterocycles. The largest absolute Gasteiger partial charge is 0.462 e. The molecule has 0 heterocycles. The first-order valence-corrected chi connectivity index (χ1v) is 9.89. The monoisotopic (exact) mass is 360 g/mol. The zero-order valence-electron chi connectivity index (χ0n) is 18.2. The van der Waals surface area contributed by atoms with Crippen LogP contribution in [-0.4, -0.2) is 12.6 Å². The molecule has 1 rings (SSSR count). The minimum atomic E-state index is -0.278. The molecular formula is C24H40O2. The molecule has 0 bridgehead atoms. The van der Waals surface area contributed by atoms with Crippen LogP contribution < -0.4 is 0 Å². The average molecular weight is 361 g/mol. The predicted octanol–water partition coefficient (Wildman–Crippen LogP) is 6.99. The fraction of sp³-hybridized carbons (Fsp3) is 0.625. The van der Waals surface area contributed by atoms with Crippen molar-refractivity contribution >= 4 is 5.97 Å². The van der Waals surface area contributed by atoms with Gasteiger partial charge in [0.15, 0.2) is 0 Å². The summed E-state index contributed by atoms with van der Waals surface area (Å²) in [5.41, 5.74) is 2.72. The molecule has 148 valence electrons. The van der Waals surface area contributed by atoms with Crippen LogP contribution in [0.4, 0.5) is 0 Å². The molecule has 0 unspecified atom stereocenters. The molecule has 0 spiro atoms. The van der Waals surface area contributed by atoms with Gasteiger partial charge in [0.25, 0.3) is 0 Å². The Labute approximate surface area is 162 Å². The van der Waals surface area contributed by atoms with Crippen molar-refractivity contribution in [3.8, 4) is 0 Å². The minimum Gasteiger partial charge on any atom is -0.462 e. The molecule has 26 heavy (non-hydrogen) atoms. The molecule has 0 atom stereocenters. The van der Waals surface area contributed by atoms with Gasteiger partial charge in [-0.05, 0) is 42.6 Å². The normalized spacial score (nSPS) is 11.3. The summed E-state index contributed by atoms with van der Waals surface area (Å²) in [7, 11) is 0. The second-order valence-electron chi connectivity index (χ2n) is 8.72. The molecule has 1 aromatic rings. The van der Waals surface area contributed by atoms with E-state index in [-0.39, 0.29) is 5.97 Å². The SMILES string of the molecule is C=C(C)C(=O)OCCCC(C)(C)CC.CCC(C)(C)Cc1ccccc1. The first kappa shape index (κ1) is 24.4. The second kappa shape index (κ2) is 11.9. The topological polar surface area (TPSA) is 26.3 Å². The molecule has 0 saturated heterocycles. The Kier molecular flexibility index (Phi) is 11.2. The van der Waals surface area contributed by atoms with Crippen LogP contribution in [0.2, 0.25) is 0 Å². The molecule has 1 aromatic carbocycles. The van der Waals surface area contributed by atoms with Crippen LogP contribution >= 0.6 is 0 Å². The Bertz CT molecular complexity index is 526. The lowest BCUT2D eigenvalue weighted by Gasteiger charge is -2.22. The molecule has 0 aromatic heterocycles. The zero-order valence-corrected chi connectivity index (χ0v) is 18.2.